The summed E-state index contributed by atoms with van der Waals surface area (Å²) in [5.41, 5.74) is 2.26. The third-order valence-corrected chi connectivity index (χ3v) is 5.94. The van der Waals surface area contributed by atoms with Gasteiger partial charge in [-0.3, -0.25) is 4.79 Å². The molecule has 2 aliphatic rings. The highest BCUT2D eigenvalue weighted by molar-refractivity contribution is 6.31. The molecule has 1 unspecified atom stereocenters. The van der Waals surface area contributed by atoms with Gasteiger partial charge in [0.1, 0.15) is 11.6 Å². The van der Waals surface area contributed by atoms with E-state index in [0.717, 1.165) is 48.2 Å². The first kappa shape index (κ1) is 16.8. The standard InChI is InChI=1S/C19H21ClN6O/c1-23-7-9-25(10-8-23)26-6-5-14(26)17-16-13-4-3-12(20)11-15(13)24(2)18(16)19(27)22-21-17/h3-6,11,14H,7-10H2,1-2H3,(H,22,27). The van der Waals surface area contributed by atoms with Gasteiger partial charge < -0.3 is 14.5 Å². The average molecular weight is 385 g/mol. The van der Waals surface area contributed by atoms with Gasteiger partial charge in [-0.2, -0.15) is 5.10 Å². The van der Waals surface area contributed by atoms with Crippen molar-refractivity contribution in [1.82, 2.24) is 29.7 Å². The minimum atomic E-state index is -0.182. The van der Waals surface area contributed by atoms with Crippen LogP contribution >= 0.6 is 11.6 Å². The monoisotopic (exact) mass is 384 g/mol. The van der Waals surface area contributed by atoms with Crippen LogP contribution in [0, 0.1) is 0 Å². The summed E-state index contributed by atoms with van der Waals surface area (Å²) < 4.78 is 1.91. The van der Waals surface area contributed by atoms with Crippen LogP contribution in [0.15, 0.2) is 35.3 Å². The van der Waals surface area contributed by atoms with Gasteiger partial charge in [0.2, 0.25) is 0 Å². The van der Waals surface area contributed by atoms with E-state index in [0.29, 0.717) is 10.5 Å². The van der Waals surface area contributed by atoms with Crippen LogP contribution in [0.2, 0.25) is 5.02 Å². The SMILES string of the molecule is CN1CCN(N2C=CC2c2n[nH]c(=O)c3c2c2ccc(Cl)cc2n3C)CC1. The fourth-order valence-electron chi connectivity index (χ4n) is 4.13. The van der Waals surface area contributed by atoms with Gasteiger partial charge in [-0.05, 0) is 25.3 Å². The smallest absolute Gasteiger partial charge is 0.288 e. The molecule has 1 fully saturated rings. The maximum atomic E-state index is 12.5. The topological polar surface area (TPSA) is 60.4 Å². The highest BCUT2D eigenvalue weighted by Gasteiger charge is 2.33. The Bertz CT molecular complexity index is 1120. The summed E-state index contributed by atoms with van der Waals surface area (Å²) in [6.45, 7) is 4.04. The summed E-state index contributed by atoms with van der Waals surface area (Å²) >= 11 is 6.19. The van der Waals surface area contributed by atoms with Crippen molar-refractivity contribution in [2.75, 3.05) is 33.2 Å². The molecule has 0 bridgehead atoms. The van der Waals surface area contributed by atoms with Crippen molar-refractivity contribution in [2.45, 2.75) is 6.04 Å². The number of halogens is 1. The van der Waals surface area contributed by atoms with Crippen molar-refractivity contribution in [3.63, 3.8) is 0 Å². The number of fused-ring (bicyclic) bond motifs is 3. The van der Waals surface area contributed by atoms with Crippen molar-refractivity contribution >= 4 is 33.4 Å². The van der Waals surface area contributed by atoms with Crippen LogP contribution in [-0.4, -0.2) is 62.9 Å². The number of aromatic nitrogens is 3. The Kier molecular flexibility index (Phi) is 3.79. The first-order chi connectivity index (χ1) is 13.0. The van der Waals surface area contributed by atoms with Gasteiger partial charge in [0, 0.05) is 55.2 Å². The Morgan fingerprint density at radius 3 is 2.67 bits per heavy atom. The second-order valence-corrected chi connectivity index (χ2v) is 7.74. The highest BCUT2D eigenvalue weighted by atomic mass is 35.5. The summed E-state index contributed by atoms with van der Waals surface area (Å²) in [5.74, 6) is 0. The van der Waals surface area contributed by atoms with E-state index in [9.17, 15) is 4.79 Å². The molecule has 0 radical (unpaired) electrons. The third kappa shape index (κ3) is 2.50. The molecule has 8 heteroatoms. The van der Waals surface area contributed by atoms with Gasteiger partial charge in [-0.25, -0.2) is 10.1 Å². The van der Waals surface area contributed by atoms with Crippen LogP contribution in [0.3, 0.4) is 0 Å². The number of hydrogen-bond acceptors (Lipinski definition) is 5. The minimum Gasteiger partial charge on any atom is -0.339 e. The normalized spacial score (nSPS) is 21.3. The van der Waals surface area contributed by atoms with Crippen LogP contribution < -0.4 is 5.56 Å². The number of likely N-dealkylation sites (N-methyl/N-ethyl adjacent to an activating group) is 1. The first-order valence-corrected chi connectivity index (χ1v) is 9.48. The maximum Gasteiger partial charge on any atom is 0.288 e. The molecule has 1 aromatic carbocycles. The predicted octanol–water partition coefficient (Wildman–Crippen LogP) is 2.10. The van der Waals surface area contributed by atoms with Crippen molar-refractivity contribution in [2.24, 2.45) is 7.05 Å². The summed E-state index contributed by atoms with van der Waals surface area (Å²) in [6.07, 6.45) is 4.23. The zero-order valence-corrected chi connectivity index (χ0v) is 16.1. The minimum absolute atomic E-state index is 0.0223. The molecule has 7 nitrogen and oxygen atoms in total. The van der Waals surface area contributed by atoms with Crippen molar-refractivity contribution in [1.29, 1.82) is 0 Å². The fourth-order valence-corrected chi connectivity index (χ4v) is 4.30. The number of benzene rings is 1. The summed E-state index contributed by atoms with van der Waals surface area (Å²) in [7, 11) is 4.05. The van der Waals surface area contributed by atoms with Gasteiger partial charge in [0.25, 0.3) is 5.56 Å². The quantitative estimate of drug-likeness (QED) is 0.733. The molecule has 0 amide bonds. The summed E-state index contributed by atoms with van der Waals surface area (Å²) in [5, 5.41) is 14.3. The van der Waals surface area contributed by atoms with E-state index >= 15 is 0 Å². The predicted molar refractivity (Wildman–Crippen MR) is 107 cm³/mol. The number of nitrogens with one attached hydrogen (secondary N) is 1. The lowest BCUT2D eigenvalue weighted by Crippen LogP contribution is -2.53. The highest BCUT2D eigenvalue weighted by Crippen LogP contribution is 2.38. The van der Waals surface area contributed by atoms with E-state index < -0.39 is 0 Å². The molecule has 1 saturated heterocycles. The number of piperazine rings is 1. The second kappa shape index (κ2) is 6.09. The Hall–Kier alpha value is -2.35. The van der Waals surface area contributed by atoms with E-state index in [1.54, 1.807) is 0 Å². The number of H-pyrrole nitrogens is 1. The van der Waals surface area contributed by atoms with Gasteiger partial charge in [-0.1, -0.05) is 17.7 Å². The Morgan fingerprint density at radius 2 is 1.96 bits per heavy atom. The third-order valence-electron chi connectivity index (χ3n) is 5.70. The number of nitrogens with zero attached hydrogens (tertiary/aromatic N) is 5. The lowest BCUT2D eigenvalue weighted by Gasteiger charge is -2.46. The van der Waals surface area contributed by atoms with E-state index in [1.165, 1.54) is 0 Å². The van der Waals surface area contributed by atoms with E-state index in [2.05, 4.69) is 44.4 Å². The number of hydrogen-bond donors (Lipinski definition) is 1. The maximum absolute atomic E-state index is 12.5. The van der Waals surface area contributed by atoms with Crippen molar-refractivity contribution in [3.05, 3.63) is 51.5 Å². The average Bonchev–Trinajstić information content (AvgIpc) is 2.92. The molecular weight excluding hydrogens is 364 g/mol. The molecule has 2 aliphatic heterocycles. The second-order valence-electron chi connectivity index (χ2n) is 7.31. The first-order valence-electron chi connectivity index (χ1n) is 9.11. The van der Waals surface area contributed by atoms with Crippen LogP contribution in [0.1, 0.15) is 11.7 Å². The van der Waals surface area contributed by atoms with Gasteiger partial charge in [0.05, 0.1) is 11.2 Å². The Labute approximate surface area is 161 Å². The van der Waals surface area contributed by atoms with Gasteiger partial charge >= 0.3 is 0 Å². The molecule has 0 aliphatic carbocycles. The van der Waals surface area contributed by atoms with Crippen LogP contribution in [0.5, 0.6) is 0 Å². The van der Waals surface area contributed by atoms with Gasteiger partial charge in [0.15, 0.2) is 0 Å². The fraction of sp³-hybridized carbons (Fsp3) is 0.368. The molecule has 5 rings (SSSR count). The number of aromatic amines is 1. The summed E-state index contributed by atoms with van der Waals surface area (Å²) in [6, 6.07) is 5.76. The molecule has 140 valence electrons. The van der Waals surface area contributed by atoms with E-state index in [4.69, 9.17) is 11.6 Å². The Morgan fingerprint density at radius 1 is 1.19 bits per heavy atom. The lowest BCUT2D eigenvalue weighted by molar-refractivity contribution is -0.0516. The molecule has 4 heterocycles. The molecule has 2 aromatic heterocycles. The van der Waals surface area contributed by atoms with Crippen LogP contribution in [0.4, 0.5) is 0 Å². The van der Waals surface area contributed by atoms with Crippen LogP contribution in [0.25, 0.3) is 21.8 Å². The molecule has 27 heavy (non-hydrogen) atoms. The molecule has 1 atom stereocenters. The molecule has 0 saturated carbocycles. The van der Waals surface area contributed by atoms with Gasteiger partial charge in [-0.15, -0.1) is 0 Å². The summed E-state index contributed by atoms with van der Waals surface area (Å²) in [4.78, 5) is 14.9. The largest absolute Gasteiger partial charge is 0.339 e. The molecule has 0 spiro atoms. The number of aryl methyl sites for hydroxylation is 1. The lowest BCUT2D eigenvalue weighted by atomic mass is 10.0. The zero-order valence-electron chi connectivity index (χ0n) is 15.3. The van der Waals surface area contributed by atoms with E-state index in [1.807, 2.05) is 29.8 Å². The van der Waals surface area contributed by atoms with Crippen molar-refractivity contribution < 1.29 is 0 Å². The molecular formula is C19H21ClN6O. The number of hydrazine groups is 1. The molecule has 3 aromatic rings. The molecule has 1 N–H and O–H groups in total. The van der Waals surface area contributed by atoms with Crippen molar-refractivity contribution in [3.8, 4) is 0 Å². The van der Waals surface area contributed by atoms with Crippen LogP contribution in [-0.2, 0) is 7.05 Å². The number of rotatable bonds is 2. The van der Waals surface area contributed by atoms with E-state index in [-0.39, 0.29) is 11.6 Å². The zero-order chi connectivity index (χ0) is 18.7. The Balaban J connectivity index is 1.65.